The summed E-state index contributed by atoms with van der Waals surface area (Å²) >= 11 is 1.77. The van der Waals surface area contributed by atoms with Crippen LogP contribution in [0.1, 0.15) is 26.9 Å². The molecule has 1 aromatic heterocycles. The Balaban J connectivity index is 2.40. The molecule has 1 aromatic carbocycles. The van der Waals surface area contributed by atoms with Crippen molar-refractivity contribution >= 4 is 21.2 Å². The average molecular weight is 309 g/mol. The standard InChI is InChI=1S/C15H19NO2S2/c1-10-9-11(2)19-15(10)14(16-3)12-5-7-13(8-6-12)20(4,17)18/h5-9,14,16H,1-4H3. The van der Waals surface area contributed by atoms with Crippen LogP contribution >= 0.6 is 11.3 Å². The molecule has 0 bridgehead atoms. The largest absolute Gasteiger partial charge is 0.309 e. The lowest BCUT2D eigenvalue weighted by Crippen LogP contribution is -2.17. The van der Waals surface area contributed by atoms with Gasteiger partial charge in [0, 0.05) is 16.0 Å². The molecule has 0 radical (unpaired) electrons. The van der Waals surface area contributed by atoms with Crippen molar-refractivity contribution in [3.05, 3.63) is 51.2 Å². The summed E-state index contributed by atoms with van der Waals surface area (Å²) in [7, 11) is -1.22. The molecular weight excluding hydrogens is 290 g/mol. The highest BCUT2D eigenvalue weighted by Crippen LogP contribution is 2.32. The molecule has 5 heteroatoms. The molecule has 0 saturated carbocycles. The number of sulfone groups is 1. The number of hydrogen-bond acceptors (Lipinski definition) is 4. The molecule has 1 atom stereocenters. The fraction of sp³-hybridized carbons (Fsp3) is 0.333. The van der Waals surface area contributed by atoms with E-state index in [-0.39, 0.29) is 6.04 Å². The number of benzene rings is 1. The van der Waals surface area contributed by atoms with E-state index in [0.717, 1.165) is 5.56 Å². The third-order valence-electron chi connectivity index (χ3n) is 3.27. The van der Waals surface area contributed by atoms with Gasteiger partial charge in [0.1, 0.15) is 0 Å². The predicted molar refractivity (Wildman–Crippen MR) is 84.2 cm³/mol. The molecule has 1 unspecified atom stereocenters. The van der Waals surface area contributed by atoms with Crippen molar-refractivity contribution < 1.29 is 8.42 Å². The van der Waals surface area contributed by atoms with Gasteiger partial charge in [-0.15, -0.1) is 11.3 Å². The van der Waals surface area contributed by atoms with Gasteiger partial charge in [-0.3, -0.25) is 0 Å². The topological polar surface area (TPSA) is 46.2 Å². The van der Waals surface area contributed by atoms with Crippen LogP contribution in [-0.4, -0.2) is 21.7 Å². The maximum atomic E-state index is 11.5. The van der Waals surface area contributed by atoms with Crippen LogP contribution < -0.4 is 5.32 Å². The molecule has 0 fully saturated rings. The summed E-state index contributed by atoms with van der Waals surface area (Å²) in [5.41, 5.74) is 2.34. The van der Waals surface area contributed by atoms with Gasteiger partial charge >= 0.3 is 0 Å². The van der Waals surface area contributed by atoms with Crippen LogP contribution in [0.15, 0.2) is 35.2 Å². The number of aryl methyl sites for hydroxylation is 2. The van der Waals surface area contributed by atoms with E-state index in [4.69, 9.17) is 0 Å². The summed E-state index contributed by atoms with van der Waals surface area (Å²) in [4.78, 5) is 2.91. The van der Waals surface area contributed by atoms with Crippen LogP contribution in [0, 0.1) is 13.8 Å². The first-order valence-electron chi connectivity index (χ1n) is 6.37. The second-order valence-corrected chi connectivity index (χ2v) is 8.27. The van der Waals surface area contributed by atoms with Gasteiger partial charge in [-0.2, -0.15) is 0 Å². The molecule has 0 amide bonds. The summed E-state index contributed by atoms with van der Waals surface area (Å²) in [5.74, 6) is 0. The summed E-state index contributed by atoms with van der Waals surface area (Å²) in [5, 5.41) is 3.31. The minimum absolute atomic E-state index is 0.0994. The SMILES string of the molecule is CNC(c1ccc(S(C)(=O)=O)cc1)c1sc(C)cc1C. The molecule has 0 aliphatic rings. The van der Waals surface area contributed by atoms with E-state index in [0.29, 0.717) is 4.90 Å². The first-order chi connectivity index (χ1) is 9.32. The highest BCUT2D eigenvalue weighted by Gasteiger charge is 2.17. The van der Waals surface area contributed by atoms with Gasteiger partial charge in [0.25, 0.3) is 0 Å². The molecule has 0 aliphatic carbocycles. The van der Waals surface area contributed by atoms with Crippen molar-refractivity contribution in [1.29, 1.82) is 0 Å². The summed E-state index contributed by atoms with van der Waals surface area (Å²) < 4.78 is 23.0. The molecule has 2 aromatic rings. The smallest absolute Gasteiger partial charge is 0.175 e. The number of rotatable bonds is 4. The summed E-state index contributed by atoms with van der Waals surface area (Å²) in [6.07, 6.45) is 1.23. The molecule has 1 N–H and O–H groups in total. The number of hydrogen-bond donors (Lipinski definition) is 1. The Labute approximate surface area is 124 Å². The summed E-state index contributed by atoms with van der Waals surface area (Å²) in [6.45, 7) is 4.20. The quantitative estimate of drug-likeness (QED) is 0.944. The monoisotopic (exact) mass is 309 g/mol. The minimum Gasteiger partial charge on any atom is -0.309 e. The van der Waals surface area contributed by atoms with Crippen molar-refractivity contribution in [2.45, 2.75) is 24.8 Å². The lowest BCUT2D eigenvalue weighted by Gasteiger charge is -2.16. The van der Waals surface area contributed by atoms with E-state index >= 15 is 0 Å². The van der Waals surface area contributed by atoms with E-state index in [2.05, 4.69) is 25.2 Å². The van der Waals surface area contributed by atoms with E-state index < -0.39 is 9.84 Å². The van der Waals surface area contributed by atoms with Crippen LogP contribution in [0.25, 0.3) is 0 Å². The first-order valence-corrected chi connectivity index (χ1v) is 9.08. The van der Waals surface area contributed by atoms with Gasteiger partial charge in [-0.05, 0) is 50.2 Å². The van der Waals surface area contributed by atoms with Crippen LogP contribution in [0.3, 0.4) is 0 Å². The molecule has 0 aliphatic heterocycles. The van der Waals surface area contributed by atoms with Gasteiger partial charge in [-0.25, -0.2) is 8.42 Å². The maximum Gasteiger partial charge on any atom is 0.175 e. The fourth-order valence-electron chi connectivity index (χ4n) is 2.30. The number of nitrogens with one attached hydrogen (secondary N) is 1. The lowest BCUT2D eigenvalue weighted by molar-refractivity contribution is 0.601. The van der Waals surface area contributed by atoms with Gasteiger partial charge in [-0.1, -0.05) is 12.1 Å². The highest BCUT2D eigenvalue weighted by molar-refractivity contribution is 7.90. The molecule has 2 rings (SSSR count). The second-order valence-electron chi connectivity index (χ2n) is 4.97. The van der Waals surface area contributed by atoms with Gasteiger partial charge in [0.2, 0.25) is 0 Å². The first kappa shape index (κ1) is 15.2. The zero-order valence-electron chi connectivity index (χ0n) is 12.1. The van der Waals surface area contributed by atoms with E-state index in [9.17, 15) is 8.42 Å². The Morgan fingerprint density at radius 3 is 2.15 bits per heavy atom. The van der Waals surface area contributed by atoms with Crippen LogP contribution in [0.5, 0.6) is 0 Å². The second kappa shape index (κ2) is 5.68. The number of thiophene rings is 1. The zero-order chi connectivity index (χ0) is 14.9. The van der Waals surface area contributed by atoms with Crippen molar-refractivity contribution in [3.8, 4) is 0 Å². The van der Waals surface area contributed by atoms with Crippen molar-refractivity contribution in [2.24, 2.45) is 0 Å². The lowest BCUT2D eigenvalue weighted by atomic mass is 10.0. The Morgan fingerprint density at radius 2 is 1.75 bits per heavy atom. The molecule has 1 heterocycles. The minimum atomic E-state index is -3.14. The summed E-state index contributed by atoms with van der Waals surface area (Å²) in [6, 6.07) is 9.38. The van der Waals surface area contributed by atoms with Gasteiger partial charge < -0.3 is 5.32 Å². The zero-order valence-corrected chi connectivity index (χ0v) is 13.7. The van der Waals surface area contributed by atoms with Crippen LogP contribution in [-0.2, 0) is 9.84 Å². The molecular formula is C15H19NO2S2. The van der Waals surface area contributed by atoms with Gasteiger partial charge in [0.15, 0.2) is 9.84 Å². The predicted octanol–water partition coefficient (Wildman–Crippen LogP) is 3.08. The molecule has 20 heavy (non-hydrogen) atoms. The van der Waals surface area contributed by atoms with E-state index in [1.54, 1.807) is 23.5 Å². The molecule has 0 spiro atoms. The fourth-order valence-corrected chi connectivity index (χ4v) is 4.11. The van der Waals surface area contributed by atoms with Crippen LogP contribution in [0.2, 0.25) is 0 Å². The third kappa shape index (κ3) is 3.11. The maximum absolute atomic E-state index is 11.5. The molecule has 0 saturated heterocycles. The Kier molecular flexibility index (Phi) is 4.32. The highest BCUT2D eigenvalue weighted by atomic mass is 32.2. The van der Waals surface area contributed by atoms with Crippen molar-refractivity contribution in [1.82, 2.24) is 5.32 Å². The normalized spacial score (nSPS) is 13.4. The average Bonchev–Trinajstić information content (AvgIpc) is 2.69. The van der Waals surface area contributed by atoms with Crippen molar-refractivity contribution in [3.63, 3.8) is 0 Å². The Bertz CT molecular complexity index is 700. The molecule has 108 valence electrons. The Morgan fingerprint density at radius 1 is 1.15 bits per heavy atom. The Hall–Kier alpha value is -1.17. The van der Waals surface area contributed by atoms with Crippen LogP contribution in [0.4, 0.5) is 0 Å². The third-order valence-corrected chi connectivity index (χ3v) is 5.62. The van der Waals surface area contributed by atoms with E-state index in [1.165, 1.54) is 21.6 Å². The van der Waals surface area contributed by atoms with Crippen molar-refractivity contribution in [2.75, 3.05) is 13.3 Å². The van der Waals surface area contributed by atoms with E-state index in [1.807, 2.05) is 19.2 Å². The van der Waals surface area contributed by atoms with Gasteiger partial charge in [0.05, 0.1) is 10.9 Å². The molecule has 3 nitrogen and oxygen atoms in total.